The number of aryl methyl sites for hydroxylation is 2. The molecule has 1 N–H and O–H groups in total. The van der Waals surface area contributed by atoms with Gasteiger partial charge in [-0.05, 0) is 61.9 Å². The Kier molecular flexibility index (Phi) is 17.9. The van der Waals surface area contributed by atoms with E-state index in [-0.39, 0.29) is 0 Å². The van der Waals surface area contributed by atoms with Crippen molar-refractivity contribution in [2.45, 2.75) is 112 Å². The number of benzene rings is 2. The molecule has 6 nitrogen and oxygen atoms in total. The zero-order chi connectivity index (χ0) is 29.8. The van der Waals surface area contributed by atoms with Gasteiger partial charge in [0.2, 0.25) is 0 Å². The molecule has 1 saturated carbocycles. The normalized spacial score (nSPS) is 13.3. The SMILES string of the molecule is CC.CC.CC.CC(Oc1ccc(OCCc2coc(C3CCCCC3)n2)cc1CCc1ccccc1)C(=O)O. The van der Waals surface area contributed by atoms with Crippen molar-refractivity contribution in [3.8, 4) is 11.5 Å². The lowest BCUT2D eigenvalue weighted by molar-refractivity contribution is -0.144. The standard InChI is InChI=1S/C28H33NO5.3C2H6/c1-20(28(30)31)34-26-15-14-25(18-23(26)13-12-21-8-4-2-5-9-21)32-17-16-24-19-33-27(29-24)22-10-6-3-7-11-22;3*1-2/h2,4-5,8-9,14-15,18-20,22H,3,6-7,10-13,16-17H2,1H3,(H,30,31);3*1-2H3. The molecule has 2 aromatic carbocycles. The van der Waals surface area contributed by atoms with Crippen molar-refractivity contribution in [3.63, 3.8) is 0 Å². The smallest absolute Gasteiger partial charge is 0.344 e. The molecule has 1 aliphatic carbocycles. The maximum Gasteiger partial charge on any atom is 0.344 e. The molecule has 40 heavy (non-hydrogen) atoms. The fourth-order valence-electron chi connectivity index (χ4n) is 4.37. The third kappa shape index (κ3) is 11.8. The van der Waals surface area contributed by atoms with Gasteiger partial charge < -0.3 is 19.0 Å². The summed E-state index contributed by atoms with van der Waals surface area (Å²) in [4.78, 5) is 16.0. The second-order valence-electron chi connectivity index (χ2n) is 8.96. The number of ether oxygens (including phenoxy) is 2. The first kappa shape index (κ1) is 34.7. The number of oxazole rings is 1. The van der Waals surface area contributed by atoms with Crippen molar-refractivity contribution < 1.29 is 23.8 Å². The summed E-state index contributed by atoms with van der Waals surface area (Å²) in [6.45, 7) is 14.0. The number of rotatable bonds is 11. The Morgan fingerprint density at radius 2 is 1.62 bits per heavy atom. The first-order valence-corrected chi connectivity index (χ1v) is 15.2. The van der Waals surface area contributed by atoms with Crippen molar-refractivity contribution in [2.24, 2.45) is 0 Å². The minimum Gasteiger partial charge on any atom is -0.493 e. The van der Waals surface area contributed by atoms with Gasteiger partial charge in [0.15, 0.2) is 12.0 Å². The van der Waals surface area contributed by atoms with E-state index in [4.69, 9.17) is 13.9 Å². The van der Waals surface area contributed by atoms with E-state index in [0.717, 1.165) is 48.6 Å². The molecule has 0 spiro atoms. The number of hydrogen-bond acceptors (Lipinski definition) is 5. The van der Waals surface area contributed by atoms with E-state index in [1.165, 1.54) is 31.7 Å². The fourth-order valence-corrected chi connectivity index (χ4v) is 4.37. The summed E-state index contributed by atoms with van der Waals surface area (Å²) >= 11 is 0. The van der Waals surface area contributed by atoms with Crippen molar-refractivity contribution in [2.75, 3.05) is 6.61 Å². The summed E-state index contributed by atoms with van der Waals surface area (Å²) in [5, 5.41) is 9.24. The molecule has 1 atom stereocenters. The lowest BCUT2D eigenvalue weighted by Crippen LogP contribution is -2.23. The average Bonchev–Trinajstić information content (AvgIpc) is 3.50. The second kappa shape index (κ2) is 20.6. The number of nitrogens with zero attached hydrogens (tertiary/aromatic N) is 1. The van der Waals surface area contributed by atoms with Crippen LogP contribution >= 0.6 is 0 Å². The Bertz CT molecular complexity index is 1060. The van der Waals surface area contributed by atoms with Gasteiger partial charge in [0.25, 0.3) is 0 Å². The van der Waals surface area contributed by atoms with Crippen molar-refractivity contribution in [1.29, 1.82) is 0 Å². The monoisotopic (exact) mass is 553 g/mol. The highest BCUT2D eigenvalue weighted by Gasteiger charge is 2.20. The van der Waals surface area contributed by atoms with E-state index >= 15 is 0 Å². The lowest BCUT2D eigenvalue weighted by Gasteiger charge is -2.17. The van der Waals surface area contributed by atoms with Gasteiger partial charge in [-0.25, -0.2) is 9.78 Å². The molecule has 4 rings (SSSR count). The molecule has 0 bridgehead atoms. The van der Waals surface area contributed by atoms with Crippen LogP contribution in [0.25, 0.3) is 0 Å². The second-order valence-corrected chi connectivity index (χ2v) is 8.96. The van der Waals surface area contributed by atoms with E-state index in [1.807, 2.05) is 71.9 Å². The Balaban J connectivity index is 0.00000125. The average molecular weight is 554 g/mol. The van der Waals surface area contributed by atoms with Gasteiger partial charge >= 0.3 is 5.97 Å². The topological polar surface area (TPSA) is 81.8 Å². The van der Waals surface area contributed by atoms with Crippen LogP contribution < -0.4 is 9.47 Å². The van der Waals surface area contributed by atoms with E-state index in [1.54, 1.807) is 12.3 Å². The molecule has 1 heterocycles. The van der Waals surface area contributed by atoms with Gasteiger partial charge in [-0.3, -0.25) is 0 Å². The number of carbonyl (C=O) groups is 1. The van der Waals surface area contributed by atoms with Gasteiger partial charge in [-0.15, -0.1) is 0 Å². The van der Waals surface area contributed by atoms with Crippen LogP contribution in [0.4, 0.5) is 0 Å². The Morgan fingerprint density at radius 1 is 0.950 bits per heavy atom. The largest absolute Gasteiger partial charge is 0.493 e. The molecule has 6 heteroatoms. The molecule has 1 unspecified atom stereocenters. The summed E-state index contributed by atoms with van der Waals surface area (Å²) in [5.41, 5.74) is 3.06. The summed E-state index contributed by atoms with van der Waals surface area (Å²) < 4.78 is 17.5. The number of hydrogen-bond donors (Lipinski definition) is 1. The molecule has 0 aliphatic heterocycles. The van der Waals surface area contributed by atoms with E-state index in [2.05, 4.69) is 17.1 Å². The van der Waals surface area contributed by atoms with E-state index in [0.29, 0.717) is 24.7 Å². The maximum atomic E-state index is 11.3. The molecule has 1 aromatic heterocycles. The highest BCUT2D eigenvalue weighted by Crippen LogP contribution is 2.32. The minimum atomic E-state index is -0.991. The molecule has 1 fully saturated rings. The predicted octanol–water partition coefficient (Wildman–Crippen LogP) is 9.06. The molecule has 0 radical (unpaired) electrons. The summed E-state index contributed by atoms with van der Waals surface area (Å²) in [5.74, 6) is 1.64. The van der Waals surface area contributed by atoms with Gasteiger partial charge in [0, 0.05) is 12.3 Å². The first-order chi connectivity index (χ1) is 19.6. The number of carboxylic acids is 1. The Labute approximate surface area is 242 Å². The van der Waals surface area contributed by atoms with Crippen LogP contribution in [0.2, 0.25) is 0 Å². The molecule has 222 valence electrons. The molecular weight excluding hydrogens is 502 g/mol. The van der Waals surface area contributed by atoms with Crippen molar-refractivity contribution in [3.05, 3.63) is 77.5 Å². The third-order valence-corrected chi connectivity index (χ3v) is 6.36. The van der Waals surface area contributed by atoms with Crippen LogP contribution in [0.1, 0.15) is 109 Å². The number of aromatic nitrogens is 1. The van der Waals surface area contributed by atoms with Crippen LogP contribution in [-0.2, 0) is 24.1 Å². The van der Waals surface area contributed by atoms with Crippen molar-refractivity contribution >= 4 is 5.97 Å². The van der Waals surface area contributed by atoms with Gasteiger partial charge in [-0.1, -0.05) is 91.1 Å². The quantitative estimate of drug-likeness (QED) is 0.255. The zero-order valence-electron chi connectivity index (χ0n) is 25.7. The molecular formula is C34H51NO5. The van der Waals surface area contributed by atoms with Crippen LogP contribution in [0.3, 0.4) is 0 Å². The first-order valence-electron chi connectivity index (χ1n) is 15.2. The van der Waals surface area contributed by atoms with E-state index < -0.39 is 12.1 Å². The van der Waals surface area contributed by atoms with Gasteiger partial charge in [-0.2, -0.15) is 0 Å². The Hall–Kier alpha value is -3.28. The number of aliphatic carboxylic acids is 1. The Morgan fingerprint density at radius 3 is 2.27 bits per heavy atom. The van der Waals surface area contributed by atoms with Crippen LogP contribution in [0.15, 0.2) is 59.2 Å². The van der Waals surface area contributed by atoms with Crippen molar-refractivity contribution in [1.82, 2.24) is 4.98 Å². The minimum absolute atomic E-state index is 0.455. The van der Waals surface area contributed by atoms with Crippen LogP contribution in [-0.4, -0.2) is 28.8 Å². The predicted molar refractivity (Wildman–Crippen MR) is 164 cm³/mol. The fraction of sp³-hybridized carbons (Fsp3) is 0.529. The summed E-state index contributed by atoms with van der Waals surface area (Å²) in [6.07, 6.45) is 9.19. The van der Waals surface area contributed by atoms with Crippen LogP contribution in [0.5, 0.6) is 11.5 Å². The van der Waals surface area contributed by atoms with Gasteiger partial charge in [0.1, 0.15) is 17.8 Å². The highest BCUT2D eigenvalue weighted by atomic mass is 16.5. The molecule has 3 aromatic rings. The summed E-state index contributed by atoms with van der Waals surface area (Å²) in [7, 11) is 0. The number of carboxylic acid groups (broad SMARTS) is 1. The third-order valence-electron chi connectivity index (χ3n) is 6.36. The lowest BCUT2D eigenvalue weighted by atomic mass is 9.89. The van der Waals surface area contributed by atoms with Gasteiger partial charge in [0.05, 0.1) is 12.3 Å². The van der Waals surface area contributed by atoms with E-state index in [9.17, 15) is 9.90 Å². The molecule has 1 aliphatic rings. The van der Waals surface area contributed by atoms with Crippen LogP contribution in [0, 0.1) is 0 Å². The maximum absolute atomic E-state index is 11.3. The molecule has 0 saturated heterocycles. The highest BCUT2D eigenvalue weighted by molar-refractivity contribution is 5.72. The molecule has 0 amide bonds. The zero-order valence-corrected chi connectivity index (χ0v) is 25.7. The summed E-state index contributed by atoms with van der Waals surface area (Å²) in [6, 6.07) is 15.8.